The molecule has 8 heteroatoms. The summed E-state index contributed by atoms with van der Waals surface area (Å²) < 4.78 is 38.6. The highest BCUT2D eigenvalue weighted by Crippen LogP contribution is 2.45. The van der Waals surface area contributed by atoms with Gasteiger partial charge in [0.05, 0.1) is 30.7 Å². The minimum atomic E-state index is -4.23. The summed E-state index contributed by atoms with van der Waals surface area (Å²) in [4.78, 5) is 9.72. The van der Waals surface area contributed by atoms with Gasteiger partial charge in [-0.15, -0.1) is 0 Å². The van der Waals surface area contributed by atoms with E-state index in [1.165, 1.54) is 17.3 Å². The fraction of sp³-hybridized carbons (Fsp3) is 0.667. The Hall–Kier alpha value is -1.39. The maximum Gasteiger partial charge on any atom is 0.401 e. The Morgan fingerprint density at radius 2 is 1.96 bits per heavy atom. The molecule has 1 aromatic heterocycles. The molecular formula is C15H16ClF3N4. The van der Waals surface area contributed by atoms with Crippen LogP contribution in [0.15, 0.2) is 12.4 Å². The van der Waals surface area contributed by atoms with Crippen LogP contribution >= 0.6 is 11.6 Å². The van der Waals surface area contributed by atoms with Gasteiger partial charge in [-0.2, -0.15) is 18.4 Å². The van der Waals surface area contributed by atoms with Crippen LogP contribution in [-0.4, -0.2) is 39.7 Å². The molecule has 3 rings (SSSR count). The normalized spacial score (nSPS) is 31.6. The highest BCUT2D eigenvalue weighted by atomic mass is 35.5. The van der Waals surface area contributed by atoms with E-state index in [1.54, 1.807) is 0 Å². The molecule has 3 heterocycles. The Morgan fingerprint density at radius 3 is 2.48 bits per heavy atom. The van der Waals surface area contributed by atoms with Gasteiger partial charge >= 0.3 is 6.18 Å². The highest BCUT2D eigenvalue weighted by Gasteiger charge is 2.51. The summed E-state index contributed by atoms with van der Waals surface area (Å²) >= 11 is 5.88. The summed E-state index contributed by atoms with van der Waals surface area (Å²) in [5.74, 6) is 0. The molecule has 0 saturated carbocycles. The lowest BCUT2D eigenvalue weighted by Crippen LogP contribution is -2.58. The second-order valence-corrected chi connectivity index (χ2v) is 6.74. The first-order valence-corrected chi connectivity index (χ1v) is 7.92. The molecule has 2 atom stereocenters. The van der Waals surface area contributed by atoms with Crippen LogP contribution in [0.3, 0.4) is 0 Å². The minimum Gasteiger partial charge on any atom is -0.289 e. The first-order valence-electron chi connectivity index (χ1n) is 7.55. The first-order chi connectivity index (χ1) is 10.8. The Labute approximate surface area is 137 Å². The van der Waals surface area contributed by atoms with Crippen LogP contribution in [0.5, 0.6) is 0 Å². The van der Waals surface area contributed by atoms with Crippen LogP contribution < -0.4 is 0 Å². The van der Waals surface area contributed by atoms with E-state index in [0.29, 0.717) is 31.4 Å². The fourth-order valence-electron chi connectivity index (χ4n) is 3.94. The summed E-state index contributed by atoms with van der Waals surface area (Å²) in [6.45, 7) is -0.912. The second-order valence-electron chi connectivity index (χ2n) is 6.36. The second kappa shape index (κ2) is 5.91. The number of hydrogen-bond acceptors (Lipinski definition) is 4. The van der Waals surface area contributed by atoms with Crippen LogP contribution in [0.1, 0.15) is 37.8 Å². The summed E-state index contributed by atoms with van der Waals surface area (Å²) in [7, 11) is 0. The SMILES string of the molecule is N#CC1(c2cncc(Cl)n2)CC2CCCC(C1)N2CC(F)(F)F. The molecule has 2 aliphatic rings. The van der Waals surface area contributed by atoms with Crippen molar-refractivity contribution in [3.8, 4) is 6.07 Å². The molecule has 2 bridgehead atoms. The molecule has 0 radical (unpaired) electrons. The number of rotatable bonds is 2. The van der Waals surface area contributed by atoms with Gasteiger partial charge in [-0.1, -0.05) is 18.0 Å². The molecule has 0 aliphatic carbocycles. The number of alkyl halides is 3. The van der Waals surface area contributed by atoms with Crippen molar-refractivity contribution < 1.29 is 13.2 Å². The van der Waals surface area contributed by atoms with E-state index in [1.807, 2.05) is 0 Å². The zero-order valence-corrected chi connectivity index (χ0v) is 13.1. The summed E-state index contributed by atoms with van der Waals surface area (Å²) in [5, 5.41) is 9.95. The fourth-order valence-corrected chi connectivity index (χ4v) is 4.09. The molecule has 0 amide bonds. The van der Waals surface area contributed by atoms with Crippen molar-refractivity contribution in [2.75, 3.05) is 6.54 Å². The Morgan fingerprint density at radius 1 is 1.30 bits per heavy atom. The van der Waals surface area contributed by atoms with Crippen LogP contribution in [0.4, 0.5) is 13.2 Å². The molecule has 2 aliphatic heterocycles. The summed E-state index contributed by atoms with van der Waals surface area (Å²) in [6.07, 6.45) is 1.58. The Bertz CT molecular complexity index is 614. The molecule has 1 aromatic rings. The number of aromatic nitrogens is 2. The van der Waals surface area contributed by atoms with Crippen molar-refractivity contribution in [1.82, 2.24) is 14.9 Å². The monoisotopic (exact) mass is 344 g/mol. The number of hydrogen-bond donors (Lipinski definition) is 0. The average molecular weight is 345 g/mol. The third-order valence-corrected chi connectivity index (χ3v) is 5.03. The number of nitrogens with zero attached hydrogens (tertiary/aromatic N) is 4. The number of fused-ring (bicyclic) bond motifs is 2. The molecule has 0 spiro atoms. The standard InChI is InChI=1S/C15H16ClF3N4/c16-13-7-21-6-12(22-13)14(8-20)4-10-2-1-3-11(5-14)23(10)9-15(17,18)19/h6-7,10-11H,1-5,9H2. The van der Waals surface area contributed by atoms with E-state index in [0.717, 1.165) is 6.42 Å². The van der Waals surface area contributed by atoms with Gasteiger partial charge in [-0.3, -0.25) is 9.88 Å². The minimum absolute atomic E-state index is 0.194. The topological polar surface area (TPSA) is 52.8 Å². The zero-order valence-electron chi connectivity index (χ0n) is 12.4. The lowest BCUT2D eigenvalue weighted by molar-refractivity contribution is -0.168. The maximum atomic E-state index is 12.9. The smallest absolute Gasteiger partial charge is 0.289 e. The predicted molar refractivity (Wildman–Crippen MR) is 77.8 cm³/mol. The lowest BCUT2D eigenvalue weighted by atomic mass is 9.67. The van der Waals surface area contributed by atoms with Crippen molar-refractivity contribution in [3.63, 3.8) is 0 Å². The molecule has 124 valence electrons. The van der Waals surface area contributed by atoms with Gasteiger partial charge in [-0.05, 0) is 25.7 Å². The number of piperidine rings is 2. The molecule has 0 aromatic carbocycles. The zero-order chi connectivity index (χ0) is 16.7. The average Bonchev–Trinajstić information content (AvgIpc) is 2.45. The van der Waals surface area contributed by atoms with Crippen LogP contribution in [-0.2, 0) is 5.41 Å². The molecule has 4 nitrogen and oxygen atoms in total. The third-order valence-electron chi connectivity index (χ3n) is 4.85. The van der Waals surface area contributed by atoms with E-state index in [9.17, 15) is 18.4 Å². The maximum absolute atomic E-state index is 12.9. The van der Waals surface area contributed by atoms with Crippen molar-refractivity contribution in [2.45, 2.75) is 55.8 Å². The molecule has 2 unspecified atom stereocenters. The van der Waals surface area contributed by atoms with Gasteiger partial charge < -0.3 is 0 Å². The van der Waals surface area contributed by atoms with Crippen molar-refractivity contribution >= 4 is 11.6 Å². The van der Waals surface area contributed by atoms with Gasteiger partial charge in [0.2, 0.25) is 0 Å². The van der Waals surface area contributed by atoms with Crippen LogP contribution in [0.25, 0.3) is 0 Å². The van der Waals surface area contributed by atoms with E-state index in [-0.39, 0.29) is 17.2 Å². The van der Waals surface area contributed by atoms with E-state index >= 15 is 0 Å². The van der Waals surface area contributed by atoms with Crippen LogP contribution in [0.2, 0.25) is 5.15 Å². The summed E-state index contributed by atoms with van der Waals surface area (Å²) in [6, 6.07) is 1.78. The van der Waals surface area contributed by atoms with Gasteiger partial charge in [0.15, 0.2) is 0 Å². The number of nitriles is 1. The van der Waals surface area contributed by atoms with Gasteiger partial charge in [-0.25, -0.2) is 4.98 Å². The Kier molecular flexibility index (Phi) is 4.23. The molecule has 0 N–H and O–H groups in total. The van der Waals surface area contributed by atoms with Gasteiger partial charge in [0.25, 0.3) is 0 Å². The quantitative estimate of drug-likeness (QED) is 0.824. The van der Waals surface area contributed by atoms with E-state index < -0.39 is 18.1 Å². The van der Waals surface area contributed by atoms with Crippen molar-refractivity contribution in [3.05, 3.63) is 23.2 Å². The van der Waals surface area contributed by atoms with Crippen LogP contribution in [0, 0.1) is 11.3 Å². The van der Waals surface area contributed by atoms with E-state index in [4.69, 9.17) is 11.6 Å². The molecule has 2 fully saturated rings. The van der Waals surface area contributed by atoms with Gasteiger partial charge in [0.1, 0.15) is 10.6 Å². The largest absolute Gasteiger partial charge is 0.401 e. The molecule has 2 saturated heterocycles. The first kappa shape index (κ1) is 16.5. The Balaban J connectivity index is 1.91. The van der Waals surface area contributed by atoms with E-state index in [2.05, 4.69) is 16.0 Å². The third kappa shape index (κ3) is 3.29. The predicted octanol–water partition coefficient (Wildman–Crippen LogP) is 3.47. The van der Waals surface area contributed by atoms with Crippen molar-refractivity contribution in [1.29, 1.82) is 5.26 Å². The highest BCUT2D eigenvalue weighted by molar-refractivity contribution is 6.29. The van der Waals surface area contributed by atoms with Gasteiger partial charge in [0, 0.05) is 12.1 Å². The molecule has 23 heavy (non-hydrogen) atoms. The van der Waals surface area contributed by atoms with Crippen molar-refractivity contribution in [2.24, 2.45) is 0 Å². The molecular weight excluding hydrogens is 329 g/mol. The number of halogens is 4. The lowest BCUT2D eigenvalue weighted by Gasteiger charge is -2.51. The summed E-state index contributed by atoms with van der Waals surface area (Å²) in [5.41, 5.74) is -0.438.